The van der Waals surface area contributed by atoms with Gasteiger partial charge >= 0.3 is 5.97 Å². The maximum atomic E-state index is 11.7. The molecule has 0 saturated carbocycles. The van der Waals surface area contributed by atoms with E-state index in [0.29, 0.717) is 25.1 Å². The van der Waals surface area contributed by atoms with Crippen molar-refractivity contribution in [2.75, 3.05) is 12.3 Å². The SMILES string of the molecule is Cc1cc(SCC(=O)NCCCCC(=O)O)c(C)cc1Br. The molecule has 0 radical (unpaired) electrons. The van der Waals surface area contributed by atoms with Crippen LogP contribution in [0.2, 0.25) is 0 Å². The van der Waals surface area contributed by atoms with Crippen LogP contribution in [-0.4, -0.2) is 29.3 Å². The molecule has 2 N–H and O–H groups in total. The van der Waals surface area contributed by atoms with Crippen LogP contribution in [0, 0.1) is 13.8 Å². The predicted octanol–water partition coefficient (Wildman–Crippen LogP) is 3.53. The molecule has 0 fully saturated rings. The molecule has 4 nitrogen and oxygen atoms in total. The van der Waals surface area contributed by atoms with Crippen molar-refractivity contribution in [2.24, 2.45) is 0 Å². The molecule has 0 bridgehead atoms. The zero-order valence-corrected chi connectivity index (χ0v) is 14.6. The van der Waals surface area contributed by atoms with Gasteiger partial charge in [-0.05, 0) is 49.9 Å². The van der Waals surface area contributed by atoms with Gasteiger partial charge in [0.25, 0.3) is 0 Å². The van der Waals surface area contributed by atoms with Gasteiger partial charge < -0.3 is 10.4 Å². The third-order valence-corrected chi connectivity index (χ3v) is 4.97. The van der Waals surface area contributed by atoms with Crippen LogP contribution in [0.3, 0.4) is 0 Å². The first kappa shape index (κ1) is 18.0. The molecule has 0 aromatic heterocycles. The molecule has 1 aromatic carbocycles. The van der Waals surface area contributed by atoms with Crippen molar-refractivity contribution >= 4 is 39.6 Å². The van der Waals surface area contributed by atoms with Crippen molar-refractivity contribution in [1.29, 1.82) is 0 Å². The number of benzene rings is 1. The zero-order chi connectivity index (χ0) is 15.8. The van der Waals surface area contributed by atoms with E-state index in [4.69, 9.17) is 5.11 Å². The van der Waals surface area contributed by atoms with Gasteiger partial charge in [-0.15, -0.1) is 11.8 Å². The lowest BCUT2D eigenvalue weighted by Gasteiger charge is -2.09. The molecule has 0 unspecified atom stereocenters. The van der Waals surface area contributed by atoms with E-state index in [1.54, 1.807) is 0 Å². The molecule has 0 aliphatic rings. The molecular formula is C15H20BrNO3S. The standard InChI is InChI=1S/C15H20BrNO3S/c1-10-8-13(11(2)7-12(10)16)21-9-14(18)17-6-4-3-5-15(19)20/h7-8H,3-6,9H2,1-2H3,(H,17,18)(H,19,20). The third-order valence-electron chi connectivity index (χ3n) is 2.95. The maximum absolute atomic E-state index is 11.7. The van der Waals surface area contributed by atoms with Crippen molar-refractivity contribution in [2.45, 2.75) is 38.0 Å². The first-order chi connectivity index (χ1) is 9.90. The van der Waals surface area contributed by atoms with Gasteiger partial charge in [-0.3, -0.25) is 9.59 Å². The number of unbranched alkanes of at least 4 members (excludes halogenated alkanes) is 1. The predicted molar refractivity (Wildman–Crippen MR) is 88.8 cm³/mol. The number of thioether (sulfide) groups is 1. The number of nitrogens with one attached hydrogen (secondary N) is 1. The molecule has 0 saturated heterocycles. The van der Waals surface area contributed by atoms with E-state index in [0.717, 1.165) is 20.5 Å². The molecule has 1 aromatic rings. The van der Waals surface area contributed by atoms with E-state index in [2.05, 4.69) is 33.4 Å². The van der Waals surface area contributed by atoms with Crippen molar-refractivity contribution < 1.29 is 14.7 Å². The Kier molecular flexibility index (Phi) is 7.82. The minimum Gasteiger partial charge on any atom is -0.481 e. The van der Waals surface area contributed by atoms with Crippen molar-refractivity contribution in [3.05, 3.63) is 27.7 Å². The maximum Gasteiger partial charge on any atom is 0.303 e. The monoisotopic (exact) mass is 373 g/mol. The lowest BCUT2D eigenvalue weighted by Crippen LogP contribution is -2.26. The third kappa shape index (κ3) is 7.00. The number of carbonyl (C=O) groups is 2. The number of carboxylic acid groups (broad SMARTS) is 1. The first-order valence-corrected chi connectivity index (χ1v) is 8.56. The summed E-state index contributed by atoms with van der Waals surface area (Å²) in [6, 6.07) is 4.13. The second-order valence-electron chi connectivity index (χ2n) is 4.86. The molecular weight excluding hydrogens is 354 g/mol. The van der Waals surface area contributed by atoms with Crippen LogP contribution >= 0.6 is 27.7 Å². The van der Waals surface area contributed by atoms with Crippen LogP contribution in [0.1, 0.15) is 30.4 Å². The van der Waals surface area contributed by atoms with E-state index in [-0.39, 0.29) is 12.3 Å². The number of rotatable bonds is 8. The number of amides is 1. The van der Waals surface area contributed by atoms with Crippen molar-refractivity contribution in [1.82, 2.24) is 5.32 Å². The van der Waals surface area contributed by atoms with Gasteiger partial charge in [0, 0.05) is 22.3 Å². The van der Waals surface area contributed by atoms with Gasteiger partial charge in [0.2, 0.25) is 5.91 Å². The van der Waals surface area contributed by atoms with Gasteiger partial charge in [0.15, 0.2) is 0 Å². The fourth-order valence-corrected chi connectivity index (χ4v) is 3.13. The Hall–Kier alpha value is -1.01. The van der Waals surface area contributed by atoms with E-state index < -0.39 is 5.97 Å². The van der Waals surface area contributed by atoms with Crippen LogP contribution in [-0.2, 0) is 9.59 Å². The summed E-state index contributed by atoms with van der Waals surface area (Å²) in [5, 5.41) is 11.3. The van der Waals surface area contributed by atoms with Crippen LogP contribution in [0.4, 0.5) is 0 Å². The lowest BCUT2D eigenvalue weighted by molar-refractivity contribution is -0.137. The van der Waals surface area contributed by atoms with Crippen LogP contribution in [0.15, 0.2) is 21.5 Å². The Morgan fingerprint density at radius 2 is 1.95 bits per heavy atom. The fraction of sp³-hybridized carbons (Fsp3) is 0.467. The number of carbonyl (C=O) groups excluding carboxylic acids is 1. The molecule has 0 aliphatic carbocycles. The minimum absolute atomic E-state index is 0.0182. The number of aryl methyl sites for hydroxylation is 2. The summed E-state index contributed by atoms with van der Waals surface area (Å²) in [6.45, 7) is 4.58. The zero-order valence-electron chi connectivity index (χ0n) is 12.2. The second-order valence-corrected chi connectivity index (χ2v) is 6.73. The molecule has 0 heterocycles. The summed E-state index contributed by atoms with van der Waals surface area (Å²) in [6.07, 6.45) is 1.44. The minimum atomic E-state index is -0.794. The van der Waals surface area contributed by atoms with Crippen LogP contribution in [0.5, 0.6) is 0 Å². The number of hydrogen-bond donors (Lipinski definition) is 2. The summed E-state index contributed by atoms with van der Waals surface area (Å²) >= 11 is 5.01. The topological polar surface area (TPSA) is 66.4 Å². The average molecular weight is 374 g/mol. The van der Waals surface area contributed by atoms with Crippen LogP contribution < -0.4 is 5.32 Å². The molecule has 0 aliphatic heterocycles. The van der Waals surface area contributed by atoms with Gasteiger partial charge in [-0.25, -0.2) is 0 Å². The highest BCUT2D eigenvalue weighted by molar-refractivity contribution is 9.10. The highest BCUT2D eigenvalue weighted by Gasteiger charge is 2.07. The molecule has 6 heteroatoms. The summed E-state index contributed by atoms with van der Waals surface area (Å²) in [5.74, 6) is -0.436. The molecule has 0 atom stereocenters. The Morgan fingerprint density at radius 1 is 1.24 bits per heavy atom. The highest BCUT2D eigenvalue weighted by Crippen LogP contribution is 2.28. The molecule has 0 spiro atoms. The first-order valence-electron chi connectivity index (χ1n) is 6.78. The Balaban J connectivity index is 2.30. The van der Waals surface area contributed by atoms with Gasteiger partial charge in [0.05, 0.1) is 5.75 Å². The number of halogens is 1. The van der Waals surface area contributed by atoms with Gasteiger partial charge in [-0.2, -0.15) is 0 Å². The van der Waals surface area contributed by atoms with Gasteiger partial charge in [-0.1, -0.05) is 15.9 Å². The number of hydrogen-bond acceptors (Lipinski definition) is 3. The largest absolute Gasteiger partial charge is 0.481 e. The average Bonchev–Trinajstić information content (AvgIpc) is 2.40. The van der Waals surface area contributed by atoms with Crippen molar-refractivity contribution in [3.8, 4) is 0 Å². The smallest absolute Gasteiger partial charge is 0.303 e. The quantitative estimate of drug-likeness (QED) is 0.540. The molecule has 116 valence electrons. The molecule has 1 amide bonds. The molecule has 21 heavy (non-hydrogen) atoms. The van der Waals surface area contributed by atoms with E-state index >= 15 is 0 Å². The van der Waals surface area contributed by atoms with E-state index in [1.807, 2.05) is 13.8 Å². The summed E-state index contributed by atoms with van der Waals surface area (Å²) in [7, 11) is 0. The number of carboxylic acids is 1. The summed E-state index contributed by atoms with van der Waals surface area (Å²) in [4.78, 5) is 23.2. The summed E-state index contributed by atoms with van der Waals surface area (Å²) in [5.41, 5.74) is 2.30. The Morgan fingerprint density at radius 3 is 2.62 bits per heavy atom. The normalized spacial score (nSPS) is 10.4. The summed E-state index contributed by atoms with van der Waals surface area (Å²) < 4.78 is 1.08. The lowest BCUT2D eigenvalue weighted by atomic mass is 10.2. The highest BCUT2D eigenvalue weighted by atomic mass is 79.9. The van der Waals surface area contributed by atoms with E-state index in [9.17, 15) is 9.59 Å². The Bertz CT molecular complexity index is 520. The fourth-order valence-electron chi connectivity index (χ4n) is 1.73. The van der Waals surface area contributed by atoms with E-state index in [1.165, 1.54) is 11.8 Å². The second kappa shape index (κ2) is 9.10. The molecule has 1 rings (SSSR count). The van der Waals surface area contributed by atoms with Gasteiger partial charge in [0.1, 0.15) is 0 Å². The number of aliphatic carboxylic acids is 1. The van der Waals surface area contributed by atoms with Crippen LogP contribution in [0.25, 0.3) is 0 Å². The van der Waals surface area contributed by atoms with Crippen molar-refractivity contribution in [3.63, 3.8) is 0 Å². The Labute approximate surface area is 137 Å².